The topological polar surface area (TPSA) is 39.4 Å². The molecule has 0 spiro atoms. The average Bonchev–Trinajstić information content (AvgIpc) is 2.19. The summed E-state index contributed by atoms with van der Waals surface area (Å²) in [5.41, 5.74) is 0.289. The first-order valence-electron chi connectivity index (χ1n) is 3.75. The molecule has 0 saturated carbocycles. The van der Waals surface area contributed by atoms with Crippen LogP contribution < -0.4 is 103 Å². The van der Waals surface area contributed by atoms with E-state index in [-0.39, 0.29) is 113 Å². The number of nitrogens with zero attached hydrogens (tertiary/aromatic N) is 1. The number of benzene rings is 1. The van der Waals surface area contributed by atoms with Gasteiger partial charge in [0.2, 0.25) is 0 Å². The van der Waals surface area contributed by atoms with Gasteiger partial charge in [-0.1, -0.05) is 30.3 Å². The number of carbonyl (C=O) groups is 1. The minimum Gasteiger partial charge on any atom is -0.763 e. The van der Waals surface area contributed by atoms with E-state index < -0.39 is 5.78 Å². The van der Waals surface area contributed by atoms with Crippen LogP contribution in [0, 0.1) is 0 Å². The first-order valence-corrected chi connectivity index (χ1v) is 4.56. The monoisotopic (exact) mass is 297 g/mol. The summed E-state index contributed by atoms with van der Waals surface area (Å²) >= 11 is 9.25. The number of hydrogen-bond donors (Lipinski definition) is 0. The zero-order valence-electron chi connectivity index (χ0n) is 9.06. The van der Waals surface area contributed by atoms with E-state index in [1.165, 1.54) is 0 Å². The van der Waals surface area contributed by atoms with E-state index in [1.54, 1.807) is 36.2 Å². The predicted octanol–water partition coefficient (Wildman–Crippen LogP) is -4.08. The van der Waals surface area contributed by atoms with Crippen molar-refractivity contribution in [1.29, 1.82) is 0 Å². The van der Waals surface area contributed by atoms with Crippen molar-refractivity contribution >= 4 is 40.7 Å². The molecular weight excluding hydrogens is 292 g/mol. The van der Waals surface area contributed by atoms with E-state index in [0.29, 0.717) is 5.56 Å². The minimum absolute atomic E-state index is 0. The smallest absolute Gasteiger partial charge is 0.763 e. The fourth-order valence-electron chi connectivity index (χ4n) is 0.923. The van der Waals surface area contributed by atoms with Crippen LogP contribution >= 0.6 is 12.2 Å². The molecule has 0 atom stereocenters. The number of ketones is 1. The van der Waals surface area contributed by atoms with Crippen molar-refractivity contribution in [2.24, 2.45) is 0 Å². The Labute approximate surface area is 190 Å². The van der Waals surface area contributed by atoms with Gasteiger partial charge in [-0.3, -0.25) is 10.7 Å². The molecule has 0 unspecified atom stereocenters. The Kier molecular flexibility index (Phi) is 13.7. The van der Waals surface area contributed by atoms with Gasteiger partial charge < -0.3 is 30.3 Å². The third-order valence-electron chi connectivity index (χ3n) is 1.58. The van der Waals surface area contributed by atoms with E-state index in [1.807, 2.05) is 0 Å². The number of thiocarbonyl (C=S) groups is 1. The number of Topliss-reactive ketones (excluding diaryl/α,β-unsaturated/α-hetero) is 1. The first-order chi connectivity index (χ1) is 6.66. The van der Waals surface area contributed by atoms with Crippen molar-refractivity contribution in [3.63, 3.8) is 0 Å². The van der Waals surface area contributed by atoms with Gasteiger partial charge in [-0.05, 0) is 0 Å². The van der Waals surface area contributed by atoms with Gasteiger partial charge in [0.1, 0.15) is 0 Å². The summed E-state index contributed by atoms with van der Waals surface area (Å²) in [7, 11) is 0. The minimum atomic E-state index is -0.409. The Morgan fingerprint density at radius 3 is 2.12 bits per heavy atom. The molecule has 0 bridgehead atoms. The zero-order valence-corrected chi connectivity index (χ0v) is 16.9. The van der Waals surface area contributed by atoms with Gasteiger partial charge in [-0.2, -0.15) is 0 Å². The SMILES string of the molecule is [K+].[K+].[N-]=C=C(C(=O)c1ccccc1)C(=S)[S-]. The molecule has 1 rings (SSSR count). The molecule has 0 radical (unpaired) electrons. The molecule has 0 aliphatic rings. The van der Waals surface area contributed by atoms with Crippen LogP contribution in [0.5, 0.6) is 0 Å². The van der Waals surface area contributed by atoms with Crippen molar-refractivity contribution in [1.82, 2.24) is 0 Å². The van der Waals surface area contributed by atoms with Crippen LogP contribution in [0.2, 0.25) is 0 Å². The summed E-state index contributed by atoms with van der Waals surface area (Å²) in [4.78, 5) is 11.6. The molecule has 70 valence electrons. The summed E-state index contributed by atoms with van der Waals surface area (Å²) in [6.07, 6.45) is 0. The first kappa shape index (κ1) is 20.2. The molecule has 6 heteroatoms. The van der Waals surface area contributed by atoms with Gasteiger partial charge in [0, 0.05) is 11.1 Å². The molecule has 0 heterocycles. The van der Waals surface area contributed by atoms with Gasteiger partial charge in [0.25, 0.3) is 0 Å². The fourth-order valence-corrected chi connectivity index (χ4v) is 1.20. The second-order valence-electron chi connectivity index (χ2n) is 2.47. The van der Waals surface area contributed by atoms with Gasteiger partial charge in [0.15, 0.2) is 5.78 Å². The summed E-state index contributed by atoms with van der Waals surface area (Å²) in [5.74, 6) is 1.31. The quantitative estimate of drug-likeness (QED) is 0.142. The molecular formula is C10H5K2NOS2. The number of carbonyl (C=O) groups excluding carboxylic acids is 1. The average molecular weight is 297 g/mol. The van der Waals surface area contributed by atoms with E-state index >= 15 is 0 Å². The van der Waals surface area contributed by atoms with Crippen LogP contribution in [0.4, 0.5) is 0 Å². The molecule has 0 saturated heterocycles. The Morgan fingerprint density at radius 2 is 1.75 bits per heavy atom. The van der Waals surface area contributed by atoms with E-state index in [0.717, 1.165) is 0 Å². The van der Waals surface area contributed by atoms with Gasteiger partial charge in [-0.15, -0.1) is 4.20 Å². The maximum absolute atomic E-state index is 11.6. The summed E-state index contributed by atoms with van der Waals surface area (Å²) < 4.78 is -0.0821. The summed E-state index contributed by atoms with van der Waals surface area (Å²) in [5, 5.41) is 8.67. The molecule has 1 aromatic rings. The molecule has 0 amide bonds. The van der Waals surface area contributed by atoms with E-state index in [9.17, 15) is 4.79 Å². The largest absolute Gasteiger partial charge is 1.00 e. The Hall–Kier alpha value is 1.92. The van der Waals surface area contributed by atoms with Crippen molar-refractivity contribution in [2.45, 2.75) is 0 Å². The van der Waals surface area contributed by atoms with Crippen molar-refractivity contribution in [3.05, 3.63) is 46.9 Å². The van der Waals surface area contributed by atoms with Crippen LogP contribution in [0.15, 0.2) is 35.9 Å². The third-order valence-corrected chi connectivity index (χ3v) is 1.99. The van der Waals surface area contributed by atoms with Crippen LogP contribution in [0.25, 0.3) is 5.41 Å². The Bertz CT molecular complexity index is 428. The normalized spacial score (nSPS) is 7.75. The van der Waals surface area contributed by atoms with Gasteiger partial charge in [0.05, 0.1) is 0 Å². The zero-order chi connectivity index (χ0) is 10.6. The van der Waals surface area contributed by atoms with Crippen LogP contribution in [0.3, 0.4) is 0 Å². The Morgan fingerprint density at radius 1 is 1.25 bits per heavy atom. The molecule has 0 aliphatic carbocycles. The van der Waals surface area contributed by atoms with E-state index in [2.05, 4.69) is 24.8 Å². The molecule has 0 aliphatic heterocycles. The number of rotatable bonds is 3. The van der Waals surface area contributed by atoms with Gasteiger partial charge in [-0.25, -0.2) is 0 Å². The molecule has 0 fully saturated rings. The second-order valence-corrected chi connectivity index (χ2v) is 3.54. The molecule has 0 N–H and O–H groups in total. The van der Waals surface area contributed by atoms with Crippen molar-refractivity contribution in [2.75, 3.05) is 0 Å². The standard InChI is InChI=1S/C10H6NOS2.2K/c11-6-8(10(13)14)9(12)7-4-2-1-3-5-7;;/h1-5H,(H,13,14);;/q-1;2*+1/p-1. The van der Waals surface area contributed by atoms with E-state index in [4.69, 9.17) is 5.41 Å². The maximum Gasteiger partial charge on any atom is 1.00 e. The molecule has 0 aromatic heterocycles. The van der Waals surface area contributed by atoms with Crippen LogP contribution in [-0.2, 0) is 12.6 Å². The van der Waals surface area contributed by atoms with Gasteiger partial charge >= 0.3 is 103 Å². The van der Waals surface area contributed by atoms with Crippen molar-refractivity contribution in [3.8, 4) is 0 Å². The third kappa shape index (κ3) is 6.20. The molecule has 1 aromatic carbocycles. The molecule has 2 nitrogen and oxygen atoms in total. The maximum atomic E-state index is 11.6. The molecule has 16 heavy (non-hydrogen) atoms. The van der Waals surface area contributed by atoms with Crippen molar-refractivity contribution < 1.29 is 108 Å². The Balaban J connectivity index is 0. The number of hydrogen-bond acceptors (Lipinski definition) is 3. The van der Waals surface area contributed by atoms with Crippen LogP contribution in [-0.4, -0.2) is 15.8 Å². The predicted molar refractivity (Wildman–Crippen MR) is 62.6 cm³/mol. The van der Waals surface area contributed by atoms with Crippen LogP contribution in [0.1, 0.15) is 10.4 Å². The second kappa shape index (κ2) is 10.8. The summed E-state index contributed by atoms with van der Waals surface area (Å²) in [6.45, 7) is 0. The fraction of sp³-hybridized carbons (Fsp3) is 0. The summed E-state index contributed by atoms with van der Waals surface area (Å²) in [6, 6.07) is 8.46.